The molecule has 1 atom stereocenters. The SMILES string of the molecule is CN/C=C(\C=N)c1c(OC)cc2ncc3c4c2c1OCC(CN(C)C)n4c(=O)n3C. The molecule has 0 bridgehead atoms. The number of rotatable bonds is 6. The van der Waals surface area contributed by atoms with E-state index in [4.69, 9.17) is 14.9 Å². The van der Waals surface area contributed by atoms with Crippen LogP contribution in [0.25, 0.3) is 27.5 Å². The van der Waals surface area contributed by atoms with Crippen LogP contribution in [0.4, 0.5) is 0 Å². The first-order chi connectivity index (χ1) is 14.4. The second kappa shape index (κ2) is 7.49. The molecule has 0 spiro atoms. The van der Waals surface area contributed by atoms with Crippen LogP contribution in [0, 0.1) is 5.41 Å². The van der Waals surface area contributed by atoms with Gasteiger partial charge in [0.1, 0.15) is 18.1 Å². The van der Waals surface area contributed by atoms with E-state index >= 15 is 0 Å². The van der Waals surface area contributed by atoms with Gasteiger partial charge in [-0.3, -0.25) is 14.1 Å². The second-order valence-corrected chi connectivity index (χ2v) is 7.64. The number of benzene rings is 1. The number of pyridine rings is 1. The van der Waals surface area contributed by atoms with E-state index in [2.05, 4.69) is 10.3 Å². The monoisotopic (exact) mass is 410 g/mol. The van der Waals surface area contributed by atoms with Gasteiger partial charge in [-0.2, -0.15) is 0 Å². The Kier molecular flexibility index (Phi) is 4.98. The highest BCUT2D eigenvalue weighted by Gasteiger charge is 2.30. The van der Waals surface area contributed by atoms with Crippen molar-refractivity contribution in [3.8, 4) is 11.5 Å². The zero-order chi connectivity index (χ0) is 21.6. The smallest absolute Gasteiger partial charge is 0.329 e. The van der Waals surface area contributed by atoms with Crippen LogP contribution in [0.3, 0.4) is 0 Å². The maximum Gasteiger partial charge on any atom is 0.329 e. The van der Waals surface area contributed by atoms with Crippen LogP contribution in [0.2, 0.25) is 0 Å². The summed E-state index contributed by atoms with van der Waals surface area (Å²) in [5.41, 5.74) is 3.39. The molecule has 0 aliphatic carbocycles. The van der Waals surface area contributed by atoms with E-state index in [-0.39, 0.29) is 11.7 Å². The van der Waals surface area contributed by atoms with E-state index in [0.29, 0.717) is 41.3 Å². The Morgan fingerprint density at radius 2 is 2.27 bits per heavy atom. The van der Waals surface area contributed by atoms with Crippen molar-refractivity contribution < 1.29 is 9.47 Å². The van der Waals surface area contributed by atoms with Crippen molar-refractivity contribution in [2.75, 3.05) is 41.4 Å². The number of hydrogen-bond acceptors (Lipinski definition) is 7. The molecule has 1 aromatic carbocycles. The molecule has 2 aromatic heterocycles. The van der Waals surface area contributed by atoms with Gasteiger partial charge < -0.3 is 25.1 Å². The minimum atomic E-state index is -0.176. The van der Waals surface area contributed by atoms with Gasteiger partial charge in [0, 0.05) is 44.7 Å². The molecule has 0 radical (unpaired) electrons. The molecule has 2 N–H and O–H groups in total. The summed E-state index contributed by atoms with van der Waals surface area (Å²) in [6, 6.07) is 1.66. The van der Waals surface area contributed by atoms with Crippen molar-refractivity contribution >= 4 is 33.7 Å². The molecule has 4 rings (SSSR count). The average molecular weight is 410 g/mol. The van der Waals surface area contributed by atoms with Gasteiger partial charge in [-0.25, -0.2) is 4.79 Å². The lowest BCUT2D eigenvalue weighted by molar-refractivity contribution is 0.216. The van der Waals surface area contributed by atoms with E-state index in [1.165, 1.54) is 6.21 Å². The third-order valence-corrected chi connectivity index (χ3v) is 5.45. The number of hydrogen-bond donors (Lipinski definition) is 2. The Balaban J connectivity index is 2.19. The lowest BCUT2D eigenvalue weighted by atomic mass is 10.0. The number of methoxy groups -OCH3 is 1. The standard InChI is InChI=1S/C21H26N6O3/c1-23-8-12(7-22)17-16(29-5)6-14-18-19-15(9-24-14)26(4)21(28)27(19)13(10-25(2)3)11-30-20(17)18/h6-9,13,22-23H,10-11H2,1-5H3/b12-8+,22-7?. The van der Waals surface area contributed by atoms with Crippen LogP contribution in [0.5, 0.6) is 11.5 Å². The van der Waals surface area contributed by atoms with Crippen LogP contribution >= 0.6 is 0 Å². The van der Waals surface area contributed by atoms with E-state index in [0.717, 1.165) is 16.4 Å². The molecular formula is C21H26N6O3. The summed E-state index contributed by atoms with van der Waals surface area (Å²) < 4.78 is 15.4. The first-order valence-electron chi connectivity index (χ1n) is 9.69. The molecule has 0 amide bonds. The van der Waals surface area contributed by atoms with Crippen LogP contribution in [-0.4, -0.2) is 66.6 Å². The summed E-state index contributed by atoms with van der Waals surface area (Å²) in [6.07, 6.45) is 4.70. The molecule has 0 saturated heterocycles. The highest BCUT2D eigenvalue weighted by molar-refractivity contribution is 6.16. The summed E-state index contributed by atoms with van der Waals surface area (Å²) in [5, 5.41) is 11.7. The molecule has 158 valence electrons. The predicted molar refractivity (Wildman–Crippen MR) is 118 cm³/mol. The predicted octanol–water partition coefficient (Wildman–Crippen LogP) is 1.60. The van der Waals surface area contributed by atoms with Gasteiger partial charge in [-0.1, -0.05) is 0 Å². The van der Waals surface area contributed by atoms with Crippen molar-refractivity contribution in [1.29, 1.82) is 5.41 Å². The van der Waals surface area contributed by atoms with E-state index < -0.39 is 0 Å². The van der Waals surface area contributed by atoms with Gasteiger partial charge >= 0.3 is 5.69 Å². The number of nitrogens with one attached hydrogen (secondary N) is 2. The molecule has 9 nitrogen and oxygen atoms in total. The minimum Gasteiger partial charge on any atom is -0.496 e. The molecule has 0 saturated carbocycles. The maximum atomic E-state index is 13.2. The number of likely N-dealkylation sites (N-methyl/N-ethyl adjacent to an activating group) is 1. The Morgan fingerprint density at radius 1 is 1.50 bits per heavy atom. The Morgan fingerprint density at radius 3 is 2.90 bits per heavy atom. The van der Waals surface area contributed by atoms with Crippen molar-refractivity contribution in [1.82, 2.24) is 24.3 Å². The summed E-state index contributed by atoms with van der Waals surface area (Å²) in [6.45, 7) is 0.957. The minimum absolute atomic E-state index is 0.0991. The fraction of sp³-hybridized carbons (Fsp3) is 0.381. The summed E-state index contributed by atoms with van der Waals surface area (Å²) in [5.74, 6) is 1.14. The number of ether oxygens (including phenoxy) is 2. The fourth-order valence-electron chi connectivity index (χ4n) is 4.19. The Hall–Kier alpha value is -3.33. The molecule has 9 heteroatoms. The number of nitrogens with zero attached hydrogens (tertiary/aromatic N) is 4. The topological polar surface area (TPSA) is 97.4 Å². The third kappa shape index (κ3) is 2.85. The van der Waals surface area contributed by atoms with Crippen LogP contribution in [0.15, 0.2) is 23.3 Å². The number of imidazole rings is 1. The van der Waals surface area contributed by atoms with E-state index in [1.54, 1.807) is 38.2 Å². The van der Waals surface area contributed by atoms with E-state index in [1.807, 2.05) is 29.6 Å². The lowest BCUT2D eigenvalue weighted by Crippen LogP contribution is -2.35. The zero-order valence-electron chi connectivity index (χ0n) is 17.8. The Labute approximate surface area is 174 Å². The normalized spacial score (nSPS) is 16.2. The van der Waals surface area contributed by atoms with Gasteiger partial charge in [0.25, 0.3) is 0 Å². The van der Waals surface area contributed by atoms with Gasteiger partial charge in [0.15, 0.2) is 0 Å². The molecule has 1 aliphatic heterocycles. The van der Waals surface area contributed by atoms with Crippen molar-refractivity contribution in [3.63, 3.8) is 0 Å². The first kappa shape index (κ1) is 20.0. The highest BCUT2D eigenvalue weighted by Crippen LogP contribution is 2.44. The second-order valence-electron chi connectivity index (χ2n) is 7.64. The van der Waals surface area contributed by atoms with Gasteiger partial charge in [-0.15, -0.1) is 0 Å². The molecule has 0 fully saturated rings. The van der Waals surface area contributed by atoms with Gasteiger partial charge in [0.2, 0.25) is 0 Å². The molecule has 30 heavy (non-hydrogen) atoms. The zero-order valence-corrected chi connectivity index (χ0v) is 17.8. The summed E-state index contributed by atoms with van der Waals surface area (Å²) >= 11 is 0. The number of aryl methyl sites for hydroxylation is 1. The van der Waals surface area contributed by atoms with Crippen molar-refractivity contribution in [2.24, 2.45) is 7.05 Å². The third-order valence-electron chi connectivity index (χ3n) is 5.45. The van der Waals surface area contributed by atoms with Crippen LogP contribution in [0.1, 0.15) is 11.6 Å². The lowest BCUT2D eigenvalue weighted by Gasteiger charge is -2.21. The highest BCUT2D eigenvalue weighted by atomic mass is 16.5. The average Bonchev–Trinajstić information content (AvgIpc) is 2.87. The maximum absolute atomic E-state index is 13.2. The largest absolute Gasteiger partial charge is 0.496 e. The first-order valence-corrected chi connectivity index (χ1v) is 9.69. The number of allylic oxidation sites excluding steroid dienone is 1. The molecule has 3 aromatic rings. The number of aromatic nitrogens is 3. The Bertz CT molecular complexity index is 1240. The van der Waals surface area contributed by atoms with Crippen molar-refractivity contribution in [2.45, 2.75) is 6.04 Å². The molecular weight excluding hydrogens is 384 g/mol. The fourth-order valence-corrected chi connectivity index (χ4v) is 4.19. The summed E-state index contributed by atoms with van der Waals surface area (Å²) in [7, 11) is 9.07. The van der Waals surface area contributed by atoms with Crippen LogP contribution in [-0.2, 0) is 7.05 Å². The molecule has 1 aliphatic rings. The molecule has 3 heterocycles. The summed E-state index contributed by atoms with van der Waals surface area (Å²) in [4.78, 5) is 19.8. The molecule has 1 unspecified atom stereocenters. The van der Waals surface area contributed by atoms with Gasteiger partial charge in [-0.05, 0) is 14.1 Å². The van der Waals surface area contributed by atoms with E-state index in [9.17, 15) is 4.79 Å². The quantitative estimate of drug-likeness (QED) is 0.599. The van der Waals surface area contributed by atoms with Crippen molar-refractivity contribution in [3.05, 3.63) is 34.5 Å². The van der Waals surface area contributed by atoms with Gasteiger partial charge in [0.05, 0.1) is 46.8 Å². The van der Waals surface area contributed by atoms with Crippen LogP contribution < -0.4 is 20.5 Å².